The molecule has 0 aliphatic rings. The Hall–Kier alpha value is -1.80. The van der Waals surface area contributed by atoms with Crippen LogP contribution in [0.2, 0.25) is 0 Å². The highest BCUT2D eigenvalue weighted by Gasteiger charge is 2.07. The number of ether oxygens (including phenoxy) is 2. The summed E-state index contributed by atoms with van der Waals surface area (Å²) in [6.07, 6.45) is 5.09. The minimum atomic E-state index is -0.860. The highest BCUT2D eigenvalue weighted by Crippen LogP contribution is 2.31. The Kier molecular flexibility index (Phi) is 5.24. The van der Waals surface area contributed by atoms with Gasteiger partial charge >= 0.3 is 5.97 Å². The number of rotatable bonds is 6. The Labute approximate surface area is 104 Å². The van der Waals surface area contributed by atoms with Crippen LogP contribution in [0.3, 0.4) is 0 Å². The van der Waals surface area contributed by atoms with Crippen LogP contribution in [0.5, 0.6) is 11.5 Å². The van der Waals surface area contributed by atoms with Crippen LogP contribution in [-0.4, -0.2) is 30.5 Å². The van der Waals surface area contributed by atoms with E-state index in [-0.39, 0.29) is 12.4 Å². The van der Waals surface area contributed by atoms with Gasteiger partial charge in [0.05, 0.1) is 12.9 Å². The number of thioether (sulfide) groups is 1. The van der Waals surface area contributed by atoms with Crippen molar-refractivity contribution in [3.63, 3.8) is 0 Å². The number of hydrogen-bond acceptors (Lipinski definition) is 4. The van der Waals surface area contributed by atoms with Gasteiger partial charge in [-0.05, 0) is 18.2 Å². The van der Waals surface area contributed by atoms with Gasteiger partial charge in [0, 0.05) is 4.90 Å². The molecule has 17 heavy (non-hydrogen) atoms. The number of benzene rings is 1. The van der Waals surface area contributed by atoms with Crippen molar-refractivity contribution in [2.75, 3.05) is 19.5 Å². The van der Waals surface area contributed by atoms with E-state index in [2.05, 4.69) is 5.92 Å². The smallest absolute Gasteiger partial charge is 0.313 e. The maximum absolute atomic E-state index is 10.4. The van der Waals surface area contributed by atoms with Gasteiger partial charge in [0.15, 0.2) is 11.5 Å². The second-order valence-electron chi connectivity index (χ2n) is 2.99. The van der Waals surface area contributed by atoms with Crippen LogP contribution in [0.25, 0.3) is 0 Å². The molecule has 0 saturated heterocycles. The molecule has 0 fully saturated rings. The highest BCUT2D eigenvalue weighted by molar-refractivity contribution is 8.00. The summed E-state index contributed by atoms with van der Waals surface area (Å²) >= 11 is 1.22. The average molecular weight is 252 g/mol. The predicted molar refractivity (Wildman–Crippen MR) is 65.7 cm³/mol. The molecular formula is C12H12O4S. The number of terminal acetylenes is 1. The zero-order chi connectivity index (χ0) is 12.7. The molecule has 5 heteroatoms. The first kappa shape index (κ1) is 13.3. The second kappa shape index (κ2) is 6.71. The third-order valence-electron chi connectivity index (χ3n) is 1.81. The normalized spacial score (nSPS) is 9.41. The van der Waals surface area contributed by atoms with E-state index in [0.717, 1.165) is 4.90 Å². The molecule has 1 rings (SSSR count). The summed E-state index contributed by atoms with van der Waals surface area (Å²) in [6, 6.07) is 5.20. The van der Waals surface area contributed by atoms with Gasteiger partial charge in [0.25, 0.3) is 0 Å². The lowest BCUT2D eigenvalue weighted by atomic mass is 10.3. The lowest BCUT2D eigenvalue weighted by Crippen LogP contribution is -1.99. The van der Waals surface area contributed by atoms with Crippen LogP contribution in [0.15, 0.2) is 23.1 Å². The summed E-state index contributed by atoms with van der Waals surface area (Å²) in [4.78, 5) is 11.2. The van der Waals surface area contributed by atoms with Crippen LogP contribution in [0, 0.1) is 12.3 Å². The Balaban J connectivity index is 2.77. The molecule has 0 aromatic heterocycles. The SMILES string of the molecule is C#CCOc1ccc(SCC(=O)O)cc1OC. The van der Waals surface area contributed by atoms with Crippen molar-refractivity contribution in [3.8, 4) is 23.8 Å². The maximum atomic E-state index is 10.4. The molecule has 0 saturated carbocycles. The molecule has 1 aromatic rings. The van der Waals surface area contributed by atoms with Crippen molar-refractivity contribution in [1.82, 2.24) is 0 Å². The van der Waals surface area contributed by atoms with Gasteiger partial charge in [0.2, 0.25) is 0 Å². The number of hydrogen-bond donors (Lipinski definition) is 1. The van der Waals surface area contributed by atoms with Crippen LogP contribution in [0.4, 0.5) is 0 Å². The van der Waals surface area contributed by atoms with Crippen molar-refractivity contribution in [1.29, 1.82) is 0 Å². The van der Waals surface area contributed by atoms with E-state index in [1.54, 1.807) is 18.2 Å². The molecule has 0 radical (unpaired) electrons. The molecule has 1 N–H and O–H groups in total. The summed E-state index contributed by atoms with van der Waals surface area (Å²) in [6.45, 7) is 0.165. The monoisotopic (exact) mass is 252 g/mol. The number of carboxylic acid groups (broad SMARTS) is 1. The molecule has 0 aliphatic heterocycles. The lowest BCUT2D eigenvalue weighted by molar-refractivity contribution is -0.133. The molecule has 1 aromatic carbocycles. The van der Waals surface area contributed by atoms with Gasteiger partial charge in [-0.3, -0.25) is 4.79 Å². The summed E-state index contributed by atoms with van der Waals surface area (Å²) in [5, 5.41) is 8.57. The van der Waals surface area contributed by atoms with Gasteiger partial charge in [-0.2, -0.15) is 0 Å². The summed E-state index contributed by atoms with van der Waals surface area (Å²) in [7, 11) is 1.52. The predicted octanol–water partition coefficient (Wildman–Crippen LogP) is 1.88. The molecule has 0 bridgehead atoms. The Bertz CT molecular complexity index is 437. The minimum absolute atomic E-state index is 0.00765. The van der Waals surface area contributed by atoms with Gasteiger partial charge in [-0.25, -0.2) is 0 Å². The molecule has 0 spiro atoms. The van der Waals surface area contributed by atoms with Gasteiger partial charge < -0.3 is 14.6 Å². The zero-order valence-electron chi connectivity index (χ0n) is 9.30. The largest absolute Gasteiger partial charge is 0.493 e. The quantitative estimate of drug-likeness (QED) is 0.619. The van der Waals surface area contributed by atoms with E-state index >= 15 is 0 Å². The van der Waals surface area contributed by atoms with E-state index < -0.39 is 5.97 Å². The second-order valence-corrected chi connectivity index (χ2v) is 4.04. The van der Waals surface area contributed by atoms with Crippen molar-refractivity contribution < 1.29 is 19.4 Å². The van der Waals surface area contributed by atoms with E-state index in [1.165, 1.54) is 18.9 Å². The third kappa shape index (κ3) is 4.29. The van der Waals surface area contributed by atoms with Crippen LogP contribution >= 0.6 is 11.8 Å². The lowest BCUT2D eigenvalue weighted by Gasteiger charge is -2.09. The molecule has 0 aliphatic carbocycles. The first-order valence-corrected chi connectivity index (χ1v) is 5.75. The van der Waals surface area contributed by atoms with Crippen molar-refractivity contribution >= 4 is 17.7 Å². The number of aliphatic carboxylic acids is 1. The molecule has 0 unspecified atom stereocenters. The standard InChI is InChI=1S/C12H12O4S/c1-3-6-16-10-5-4-9(7-11(10)15-2)17-8-12(13)14/h1,4-5,7H,6,8H2,2H3,(H,13,14). The Morgan fingerprint density at radius 1 is 1.53 bits per heavy atom. The van der Waals surface area contributed by atoms with Gasteiger partial charge in [-0.1, -0.05) is 5.92 Å². The van der Waals surface area contributed by atoms with E-state index in [0.29, 0.717) is 11.5 Å². The van der Waals surface area contributed by atoms with Crippen LogP contribution in [-0.2, 0) is 4.79 Å². The summed E-state index contributed by atoms with van der Waals surface area (Å²) in [5.41, 5.74) is 0. The molecule has 0 heterocycles. The average Bonchev–Trinajstić information content (AvgIpc) is 2.34. The van der Waals surface area contributed by atoms with Crippen molar-refractivity contribution in [2.45, 2.75) is 4.90 Å². The fourth-order valence-corrected chi connectivity index (χ4v) is 1.77. The molecule has 4 nitrogen and oxygen atoms in total. The number of methoxy groups -OCH3 is 1. The Morgan fingerprint density at radius 2 is 2.29 bits per heavy atom. The molecule has 0 atom stereocenters. The minimum Gasteiger partial charge on any atom is -0.493 e. The van der Waals surface area contributed by atoms with E-state index in [9.17, 15) is 4.79 Å². The van der Waals surface area contributed by atoms with E-state index in [4.69, 9.17) is 21.0 Å². The van der Waals surface area contributed by atoms with Gasteiger partial charge in [-0.15, -0.1) is 18.2 Å². The zero-order valence-corrected chi connectivity index (χ0v) is 10.1. The van der Waals surface area contributed by atoms with Crippen molar-refractivity contribution in [2.24, 2.45) is 0 Å². The first-order chi connectivity index (χ1) is 8.17. The number of carboxylic acids is 1. The fraction of sp³-hybridized carbons (Fsp3) is 0.250. The number of carbonyl (C=O) groups is 1. The van der Waals surface area contributed by atoms with Crippen LogP contribution < -0.4 is 9.47 Å². The molecular weight excluding hydrogens is 240 g/mol. The molecule has 90 valence electrons. The highest BCUT2D eigenvalue weighted by atomic mass is 32.2. The third-order valence-corrected chi connectivity index (χ3v) is 2.79. The summed E-state index contributed by atoms with van der Waals surface area (Å²) in [5.74, 6) is 2.59. The summed E-state index contributed by atoms with van der Waals surface area (Å²) < 4.78 is 10.4. The van der Waals surface area contributed by atoms with Crippen molar-refractivity contribution in [3.05, 3.63) is 18.2 Å². The maximum Gasteiger partial charge on any atom is 0.313 e. The van der Waals surface area contributed by atoms with E-state index in [1.807, 2.05) is 0 Å². The topological polar surface area (TPSA) is 55.8 Å². The van der Waals surface area contributed by atoms with Gasteiger partial charge in [0.1, 0.15) is 6.61 Å². The first-order valence-electron chi connectivity index (χ1n) is 4.76. The van der Waals surface area contributed by atoms with Crippen LogP contribution in [0.1, 0.15) is 0 Å². The molecule has 0 amide bonds. The Morgan fingerprint density at radius 3 is 2.88 bits per heavy atom. The fourth-order valence-electron chi connectivity index (χ4n) is 1.12.